The van der Waals surface area contributed by atoms with Gasteiger partial charge >= 0.3 is 0 Å². The van der Waals surface area contributed by atoms with Gasteiger partial charge in [0.05, 0.1) is 0 Å². The Hall–Kier alpha value is -1.06. The lowest BCUT2D eigenvalue weighted by Gasteiger charge is -2.28. The summed E-state index contributed by atoms with van der Waals surface area (Å²) in [6.45, 7) is 11.9. The second-order valence-electron chi connectivity index (χ2n) is 6.28. The fourth-order valence-electron chi connectivity index (χ4n) is 2.21. The van der Waals surface area contributed by atoms with E-state index in [1.807, 2.05) is 0 Å². The Labute approximate surface area is 117 Å². The molecule has 0 radical (unpaired) electrons. The number of nitrogens with zero attached hydrogens (tertiary/aromatic N) is 1. The van der Waals surface area contributed by atoms with E-state index in [9.17, 15) is 0 Å². The molecule has 3 heteroatoms. The molecule has 0 aliphatic carbocycles. The van der Waals surface area contributed by atoms with Crippen LogP contribution in [-0.4, -0.2) is 38.2 Å². The number of ether oxygens (including phenoxy) is 1. The van der Waals surface area contributed by atoms with E-state index in [1.54, 1.807) is 0 Å². The Morgan fingerprint density at radius 2 is 1.74 bits per heavy atom. The molecule has 0 amide bonds. The number of aryl methyl sites for hydroxylation is 2. The molecule has 0 spiro atoms. The SMILES string of the molecule is Cc1cc(C)cc(OCCN(C)CC(C)(C)CN)c1. The molecule has 1 aromatic carbocycles. The topological polar surface area (TPSA) is 38.5 Å². The Morgan fingerprint density at radius 1 is 1.16 bits per heavy atom. The van der Waals surface area contributed by atoms with E-state index < -0.39 is 0 Å². The molecule has 19 heavy (non-hydrogen) atoms. The predicted octanol–water partition coefficient (Wildman–Crippen LogP) is 2.60. The average Bonchev–Trinajstić information content (AvgIpc) is 2.27. The first-order chi connectivity index (χ1) is 8.82. The van der Waals surface area contributed by atoms with Crippen LogP contribution in [0.2, 0.25) is 0 Å². The molecule has 0 saturated carbocycles. The molecular formula is C16H28N2O. The Bertz CT molecular complexity index is 381. The number of nitrogens with two attached hydrogens (primary N) is 1. The first kappa shape index (κ1) is 16.0. The van der Waals surface area contributed by atoms with Crippen LogP contribution < -0.4 is 10.5 Å². The van der Waals surface area contributed by atoms with Crippen molar-refractivity contribution in [1.29, 1.82) is 0 Å². The van der Waals surface area contributed by atoms with Gasteiger partial charge in [0.1, 0.15) is 12.4 Å². The van der Waals surface area contributed by atoms with E-state index in [4.69, 9.17) is 10.5 Å². The quantitative estimate of drug-likeness (QED) is 0.822. The summed E-state index contributed by atoms with van der Waals surface area (Å²) in [5.41, 5.74) is 8.40. The number of rotatable bonds is 7. The highest BCUT2D eigenvalue weighted by Gasteiger charge is 2.17. The normalized spacial score (nSPS) is 11.9. The fourth-order valence-corrected chi connectivity index (χ4v) is 2.21. The molecule has 0 atom stereocenters. The fraction of sp³-hybridized carbons (Fsp3) is 0.625. The first-order valence-electron chi connectivity index (χ1n) is 6.92. The van der Waals surface area contributed by atoms with E-state index in [1.165, 1.54) is 11.1 Å². The third-order valence-electron chi connectivity index (χ3n) is 3.19. The van der Waals surface area contributed by atoms with Gasteiger partial charge in [-0.05, 0) is 56.1 Å². The summed E-state index contributed by atoms with van der Waals surface area (Å²) in [7, 11) is 2.11. The van der Waals surface area contributed by atoms with E-state index in [0.717, 1.165) is 18.8 Å². The van der Waals surface area contributed by atoms with Gasteiger partial charge in [-0.15, -0.1) is 0 Å². The van der Waals surface area contributed by atoms with Crippen LogP contribution >= 0.6 is 0 Å². The maximum absolute atomic E-state index is 5.81. The van der Waals surface area contributed by atoms with Gasteiger partial charge in [-0.2, -0.15) is 0 Å². The zero-order chi connectivity index (χ0) is 14.5. The Balaban J connectivity index is 2.37. The minimum absolute atomic E-state index is 0.161. The summed E-state index contributed by atoms with van der Waals surface area (Å²) < 4.78 is 5.81. The van der Waals surface area contributed by atoms with E-state index in [-0.39, 0.29) is 5.41 Å². The lowest BCUT2D eigenvalue weighted by atomic mass is 9.93. The maximum Gasteiger partial charge on any atom is 0.119 e. The molecule has 0 aliphatic heterocycles. The van der Waals surface area contributed by atoms with Gasteiger partial charge in [0.2, 0.25) is 0 Å². The molecule has 1 aromatic rings. The molecule has 0 aromatic heterocycles. The van der Waals surface area contributed by atoms with E-state index in [0.29, 0.717) is 13.2 Å². The third kappa shape index (κ3) is 6.08. The predicted molar refractivity (Wildman–Crippen MR) is 81.7 cm³/mol. The molecule has 0 saturated heterocycles. The van der Waals surface area contributed by atoms with Gasteiger partial charge in [0, 0.05) is 13.1 Å². The van der Waals surface area contributed by atoms with Crippen molar-refractivity contribution in [1.82, 2.24) is 4.90 Å². The summed E-state index contributed by atoms with van der Waals surface area (Å²) in [4.78, 5) is 2.27. The highest BCUT2D eigenvalue weighted by atomic mass is 16.5. The largest absolute Gasteiger partial charge is 0.492 e. The van der Waals surface area contributed by atoms with Gasteiger partial charge in [-0.25, -0.2) is 0 Å². The van der Waals surface area contributed by atoms with Crippen LogP contribution in [0.4, 0.5) is 0 Å². The summed E-state index contributed by atoms with van der Waals surface area (Å²) >= 11 is 0. The van der Waals surface area contributed by atoms with Crippen molar-refractivity contribution in [2.45, 2.75) is 27.7 Å². The van der Waals surface area contributed by atoms with Gasteiger partial charge in [0.25, 0.3) is 0 Å². The van der Waals surface area contributed by atoms with Crippen molar-refractivity contribution in [2.24, 2.45) is 11.1 Å². The van der Waals surface area contributed by atoms with Gasteiger partial charge in [0.15, 0.2) is 0 Å². The standard InChI is InChI=1S/C16H28N2O/c1-13-8-14(2)10-15(9-13)19-7-6-18(5)12-16(3,4)11-17/h8-10H,6-7,11-12,17H2,1-5H3. The van der Waals surface area contributed by atoms with Crippen LogP contribution in [0, 0.1) is 19.3 Å². The Kier molecular flexibility index (Phi) is 5.83. The van der Waals surface area contributed by atoms with Crippen LogP contribution in [0.3, 0.4) is 0 Å². The summed E-state index contributed by atoms with van der Waals surface area (Å²) in [5.74, 6) is 0.962. The molecule has 0 unspecified atom stereocenters. The zero-order valence-corrected chi connectivity index (χ0v) is 13.0. The van der Waals surface area contributed by atoms with Crippen molar-refractivity contribution >= 4 is 0 Å². The number of hydrogen-bond donors (Lipinski definition) is 1. The summed E-state index contributed by atoms with van der Waals surface area (Å²) in [6.07, 6.45) is 0. The molecule has 1 rings (SSSR count). The van der Waals surface area contributed by atoms with Crippen LogP contribution in [-0.2, 0) is 0 Å². The van der Waals surface area contributed by atoms with Crippen molar-refractivity contribution in [3.63, 3.8) is 0 Å². The van der Waals surface area contributed by atoms with Crippen molar-refractivity contribution in [3.05, 3.63) is 29.3 Å². The van der Waals surface area contributed by atoms with Crippen LogP contribution in [0.1, 0.15) is 25.0 Å². The van der Waals surface area contributed by atoms with Gasteiger partial charge in [-0.3, -0.25) is 0 Å². The minimum Gasteiger partial charge on any atom is -0.492 e. The van der Waals surface area contributed by atoms with E-state index >= 15 is 0 Å². The smallest absolute Gasteiger partial charge is 0.119 e. The van der Waals surface area contributed by atoms with Crippen LogP contribution in [0.5, 0.6) is 5.75 Å². The first-order valence-corrected chi connectivity index (χ1v) is 6.92. The van der Waals surface area contributed by atoms with Crippen LogP contribution in [0.25, 0.3) is 0 Å². The molecule has 108 valence electrons. The maximum atomic E-state index is 5.81. The lowest BCUT2D eigenvalue weighted by molar-refractivity contribution is 0.181. The monoisotopic (exact) mass is 264 g/mol. The highest BCUT2D eigenvalue weighted by Crippen LogP contribution is 2.17. The molecule has 0 aliphatic rings. The van der Waals surface area contributed by atoms with Gasteiger partial charge < -0.3 is 15.4 Å². The molecule has 3 nitrogen and oxygen atoms in total. The van der Waals surface area contributed by atoms with Crippen molar-refractivity contribution in [3.8, 4) is 5.75 Å². The number of likely N-dealkylation sites (N-methyl/N-ethyl adjacent to an activating group) is 1. The molecule has 0 heterocycles. The minimum atomic E-state index is 0.161. The van der Waals surface area contributed by atoms with Crippen LogP contribution in [0.15, 0.2) is 18.2 Å². The second-order valence-corrected chi connectivity index (χ2v) is 6.28. The Morgan fingerprint density at radius 3 is 2.26 bits per heavy atom. The summed E-state index contributed by atoms with van der Waals surface area (Å²) in [5, 5.41) is 0. The average molecular weight is 264 g/mol. The van der Waals surface area contributed by atoms with Crippen molar-refractivity contribution < 1.29 is 4.74 Å². The number of benzene rings is 1. The molecule has 0 fully saturated rings. The second kappa shape index (κ2) is 6.92. The highest BCUT2D eigenvalue weighted by molar-refractivity contribution is 5.32. The van der Waals surface area contributed by atoms with E-state index in [2.05, 4.69) is 57.8 Å². The molecule has 2 N–H and O–H groups in total. The third-order valence-corrected chi connectivity index (χ3v) is 3.19. The van der Waals surface area contributed by atoms with Crippen molar-refractivity contribution in [2.75, 3.05) is 33.3 Å². The lowest BCUT2D eigenvalue weighted by Crippen LogP contribution is -2.38. The molecular weight excluding hydrogens is 236 g/mol. The van der Waals surface area contributed by atoms with Gasteiger partial charge in [-0.1, -0.05) is 19.9 Å². The zero-order valence-electron chi connectivity index (χ0n) is 13.0. The number of hydrogen-bond acceptors (Lipinski definition) is 3. The summed E-state index contributed by atoms with van der Waals surface area (Å²) in [6, 6.07) is 6.32. The molecule has 0 bridgehead atoms.